The summed E-state index contributed by atoms with van der Waals surface area (Å²) in [5.41, 5.74) is 3.44. The maximum atomic E-state index is 12.5. The summed E-state index contributed by atoms with van der Waals surface area (Å²) in [5, 5.41) is 2.80. The first-order chi connectivity index (χ1) is 12.8. The lowest BCUT2D eigenvalue weighted by molar-refractivity contribution is 0.102. The van der Waals surface area contributed by atoms with Gasteiger partial charge in [0.2, 0.25) is 0 Å². The Morgan fingerprint density at radius 1 is 0.778 bits per heavy atom. The molecule has 3 aromatic rings. The number of aryl methyl sites for hydroxylation is 2. The molecule has 27 heavy (non-hydrogen) atoms. The number of amides is 1. The van der Waals surface area contributed by atoms with Crippen molar-refractivity contribution < 1.29 is 13.2 Å². The molecule has 0 atom stereocenters. The molecule has 0 unspecified atom stereocenters. The second kappa shape index (κ2) is 7.63. The van der Waals surface area contributed by atoms with Crippen LogP contribution in [-0.2, 0) is 10.0 Å². The molecule has 6 heteroatoms. The highest BCUT2D eigenvalue weighted by molar-refractivity contribution is 7.92. The smallest absolute Gasteiger partial charge is 0.261 e. The number of sulfonamides is 1. The minimum Gasteiger partial charge on any atom is -0.322 e. The Hall–Kier alpha value is -3.12. The first-order valence-corrected chi connectivity index (χ1v) is 9.89. The lowest BCUT2D eigenvalue weighted by Gasteiger charge is -2.10. The lowest BCUT2D eigenvalue weighted by Crippen LogP contribution is -2.15. The van der Waals surface area contributed by atoms with Gasteiger partial charge in [-0.2, -0.15) is 0 Å². The van der Waals surface area contributed by atoms with Gasteiger partial charge in [-0.3, -0.25) is 9.52 Å². The fourth-order valence-corrected chi connectivity index (χ4v) is 3.55. The highest BCUT2D eigenvalue weighted by Gasteiger charge is 2.15. The zero-order chi connectivity index (χ0) is 19.4. The monoisotopic (exact) mass is 380 g/mol. The van der Waals surface area contributed by atoms with Crippen molar-refractivity contribution in [2.45, 2.75) is 18.7 Å². The van der Waals surface area contributed by atoms with Gasteiger partial charge in [0.25, 0.3) is 15.9 Å². The van der Waals surface area contributed by atoms with Crippen molar-refractivity contribution in [3.8, 4) is 0 Å². The average molecular weight is 380 g/mol. The van der Waals surface area contributed by atoms with E-state index in [1.165, 1.54) is 6.07 Å². The van der Waals surface area contributed by atoms with Gasteiger partial charge in [0, 0.05) is 16.9 Å². The van der Waals surface area contributed by atoms with Gasteiger partial charge in [-0.1, -0.05) is 41.5 Å². The van der Waals surface area contributed by atoms with E-state index in [1.54, 1.807) is 42.5 Å². The summed E-state index contributed by atoms with van der Waals surface area (Å²) in [4.78, 5) is 12.6. The first-order valence-electron chi connectivity index (χ1n) is 8.41. The summed E-state index contributed by atoms with van der Waals surface area (Å²) >= 11 is 0. The van der Waals surface area contributed by atoms with Crippen molar-refractivity contribution in [1.29, 1.82) is 0 Å². The molecule has 0 aliphatic heterocycles. The van der Waals surface area contributed by atoms with Crippen molar-refractivity contribution >= 4 is 27.3 Å². The number of benzene rings is 3. The Kier molecular flexibility index (Phi) is 5.28. The van der Waals surface area contributed by atoms with Gasteiger partial charge in [-0.25, -0.2) is 8.42 Å². The van der Waals surface area contributed by atoms with Crippen molar-refractivity contribution in [1.82, 2.24) is 0 Å². The molecule has 0 aromatic heterocycles. The molecule has 3 rings (SSSR count). The van der Waals surface area contributed by atoms with E-state index in [-0.39, 0.29) is 10.8 Å². The Labute approximate surface area is 159 Å². The van der Waals surface area contributed by atoms with E-state index >= 15 is 0 Å². The van der Waals surface area contributed by atoms with Crippen LogP contribution in [0.2, 0.25) is 0 Å². The second-order valence-corrected chi connectivity index (χ2v) is 8.00. The normalized spacial score (nSPS) is 11.0. The number of hydrogen-bond acceptors (Lipinski definition) is 3. The van der Waals surface area contributed by atoms with Crippen LogP contribution >= 0.6 is 0 Å². The summed E-state index contributed by atoms with van der Waals surface area (Å²) in [6.07, 6.45) is 0. The van der Waals surface area contributed by atoms with Crippen LogP contribution in [-0.4, -0.2) is 14.3 Å². The Balaban J connectivity index is 1.77. The van der Waals surface area contributed by atoms with Crippen molar-refractivity contribution in [2.24, 2.45) is 0 Å². The molecule has 138 valence electrons. The lowest BCUT2D eigenvalue weighted by atomic mass is 10.2. The zero-order valence-electron chi connectivity index (χ0n) is 15.1. The molecule has 1 amide bonds. The minimum atomic E-state index is -3.72. The number of carbonyl (C=O) groups excluding carboxylic acids is 1. The van der Waals surface area contributed by atoms with E-state index in [2.05, 4.69) is 10.0 Å². The molecule has 0 spiro atoms. The summed E-state index contributed by atoms with van der Waals surface area (Å²) in [5.74, 6) is -0.310. The molecule has 0 aliphatic rings. The van der Waals surface area contributed by atoms with E-state index in [0.717, 1.165) is 11.1 Å². The van der Waals surface area contributed by atoms with Gasteiger partial charge < -0.3 is 5.32 Å². The van der Waals surface area contributed by atoms with Crippen LogP contribution in [0.5, 0.6) is 0 Å². The summed E-state index contributed by atoms with van der Waals surface area (Å²) < 4.78 is 27.5. The minimum absolute atomic E-state index is 0.169. The highest BCUT2D eigenvalue weighted by Crippen LogP contribution is 2.19. The van der Waals surface area contributed by atoms with Crippen LogP contribution < -0.4 is 10.0 Å². The summed E-state index contributed by atoms with van der Waals surface area (Å²) in [6.45, 7) is 3.86. The number of rotatable bonds is 5. The van der Waals surface area contributed by atoms with Crippen molar-refractivity contribution in [3.63, 3.8) is 0 Å². The molecule has 0 saturated heterocycles. The van der Waals surface area contributed by atoms with Crippen LogP contribution in [0, 0.1) is 13.8 Å². The third-order valence-electron chi connectivity index (χ3n) is 4.02. The molecular formula is C21H20N2O3S. The second-order valence-electron chi connectivity index (χ2n) is 6.32. The number of hydrogen-bond donors (Lipinski definition) is 2. The third-order valence-corrected chi connectivity index (χ3v) is 5.41. The molecule has 5 nitrogen and oxygen atoms in total. The first kappa shape index (κ1) is 18.7. The number of anilines is 2. The molecule has 3 aromatic carbocycles. The SMILES string of the molecule is Cc1ccc(NC(=O)c2cccc(NS(=O)(=O)c3ccc(C)cc3)c2)cc1. The fraction of sp³-hybridized carbons (Fsp3) is 0.0952. The van der Waals surface area contributed by atoms with Gasteiger partial charge in [0.15, 0.2) is 0 Å². The van der Waals surface area contributed by atoms with Crippen LogP contribution in [0.15, 0.2) is 77.7 Å². The van der Waals surface area contributed by atoms with E-state index < -0.39 is 10.0 Å². The summed E-state index contributed by atoms with van der Waals surface area (Å²) in [7, 11) is -3.72. The van der Waals surface area contributed by atoms with Gasteiger partial charge in [-0.05, 0) is 56.3 Å². The average Bonchev–Trinajstić information content (AvgIpc) is 2.64. The molecule has 0 bridgehead atoms. The maximum absolute atomic E-state index is 12.5. The van der Waals surface area contributed by atoms with Gasteiger partial charge in [0.1, 0.15) is 0 Å². The largest absolute Gasteiger partial charge is 0.322 e. The quantitative estimate of drug-likeness (QED) is 0.691. The van der Waals surface area contributed by atoms with Crippen LogP contribution in [0.4, 0.5) is 11.4 Å². The standard InChI is InChI=1S/C21H20N2O3S/c1-15-6-10-18(11-7-15)22-21(24)17-4-3-5-19(14-17)23-27(25,26)20-12-8-16(2)9-13-20/h3-14,23H,1-2H3,(H,22,24). The van der Waals surface area contributed by atoms with E-state index in [9.17, 15) is 13.2 Å². The van der Waals surface area contributed by atoms with E-state index in [4.69, 9.17) is 0 Å². The zero-order valence-corrected chi connectivity index (χ0v) is 15.9. The molecule has 0 radical (unpaired) electrons. The van der Waals surface area contributed by atoms with Crippen LogP contribution in [0.3, 0.4) is 0 Å². The third kappa shape index (κ3) is 4.74. The topological polar surface area (TPSA) is 75.3 Å². The van der Waals surface area contributed by atoms with Crippen molar-refractivity contribution in [2.75, 3.05) is 10.0 Å². The predicted molar refractivity (Wildman–Crippen MR) is 108 cm³/mol. The molecule has 2 N–H and O–H groups in total. The van der Waals surface area contributed by atoms with Gasteiger partial charge in [-0.15, -0.1) is 0 Å². The molecule has 0 heterocycles. The molecular weight excluding hydrogens is 360 g/mol. The van der Waals surface area contributed by atoms with Gasteiger partial charge in [0.05, 0.1) is 4.90 Å². The Morgan fingerprint density at radius 3 is 2.00 bits per heavy atom. The molecule has 0 fully saturated rings. The Bertz CT molecular complexity index is 1060. The van der Waals surface area contributed by atoms with Crippen molar-refractivity contribution in [3.05, 3.63) is 89.5 Å². The molecule has 0 saturated carbocycles. The van der Waals surface area contributed by atoms with Crippen LogP contribution in [0.1, 0.15) is 21.5 Å². The number of carbonyl (C=O) groups is 1. The van der Waals surface area contributed by atoms with Crippen LogP contribution in [0.25, 0.3) is 0 Å². The molecule has 0 aliphatic carbocycles. The Morgan fingerprint density at radius 2 is 1.37 bits per heavy atom. The fourth-order valence-electron chi connectivity index (χ4n) is 2.50. The highest BCUT2D eigenvalue weighted by atomic mass is 32.2. The summed E-state index contributed by atoms with van der Waals surface area (Å²) in [6, 6.07) is 20.4. The van der Waals surface area contributed by atoms with E-state index in [0.29, 0.717) is 16.9 Å². The van der Waals surface area contributed by atoms with Gasteiger partial charge >= 0.3 is 0 Å². The van der Waals surface area contributed by atoms with E-state index in [1.807, 2.05) is 38.1 Å². The maximum Gasteiger partial charge on any atom is 0.261 e. The predicted octanol–water partition coefficient (Wildman–Crippen LogP) is 4.36. The number of nitrogens with one attached hydrogen (secondary N) is 2.